The first-order valence-electron chi connectivity index (χ1n) is 11.7. The molecule has 2 aliphatic heterocycles. The molecule has 6 nitrogen and oxygen atoms in total. The third-order valence-electron chi connectivity index (χ3n) is 6.57. The summed E-state index contributed by atoms with van der Waals surface area (Å²) in [5, 5.41) is 0. The first-order valence-corrected chi connectivity index (χ1v) is 11.7. The van der Waals surface area contributed by atoms with Crippen molar-refractivity contribution in [3.05, 3.63) is 71.8 Å². The molecular formula is C26H34N4O2. The Bertz CT molecular complexity index is 875. The first kappa shape index (κ1) is 22.5. The van der Waals surface area contributed by atoms with Crippen LogP contribution in [-0.2, 0) is 16.1 Å². The number of benzene rings is 2. The van der Waals surface area contributed by atoms with Crippen LogP contribution in [0.2, 0.25) is 0 Å². The first-order chi connectivity index (χ1) is 15.6. The Labute approximate surface area is 191 Å². The fraction of sp³-hybridized carbons (Fsp3) is 0.462. The maximum absolute atomic E-state index is 13.3. The van der Waals surface area contributed by atoms with Crippen molar-refractivity contribution >= 4 is 11.8 Å². The Morgan fingerprint density at radius 2 is 1.41 bits per heavy atom. The molecule has 2 saturated heterocycles. The molecule has 0 spiro atoms. The van der Waals surface area contributed by atoms with Crippen molar-refractivity contribution in [3.63, 3.8) is 0 Å². The van der Waals surface area contributed by atoms with Crippen molar-refractivity contribution in [2.45, 2.75) is 25.4 Å². The third kappa shape index (κ3) is 5.56. The van der Waals surface area contributed by atoms with Gasteiger partial charge in [-0.3, -0.25) is 19.4 Å². The molecule has 0 aromatic heterocycles. The largest absolute Gasteiger partial charge is 0.341 e. The lowest BCUT2D eigenvalue weighted by Crippen LogP contribution is -2.51. The standard InChI is InChI=1S/C26H34N4O2/c1-27(25(23-12-6-3-7-13-23)26(32)30-14-8-9-15-30)21-24(31)29-18-16-28(17-19-29)20-22-10-4-2-5-11-22/h2-7,10-13,25H,8-9,14-21H2,1H3/t25-/m0/s1. The van der Waals surface area contributed by atoms with Crippen LogP contribution in [0.3, 0.4) is 0 Å². The van der Waals surface area contributed by atoms with E-state index in [1.54, 1.807) is 0 Å². The number of likely N-dealkylation sites (tertiary alicyclic amines) is 1. The van der Waals surface area contributed by atoms with Gasteiger partial charge in [0.1, 0.15) is 6.04 Å². The Hall–Kier alpha value is -2.70. The molecule has 2 aromatic rings. The molecule has 2 fully saturated rings. The monoisotopic (exact) mass is 434 g/mol. The van der Waals surface area contributed by atoms with E-state index in [1.165, 1.54) is 5.56 Å². The summed E-state index contributed by atoms with van der Waals surface area (Å²) >= 11 is 0. The average molecular weight is 435 g/mol. The van der Waals surface area contributed by atoms with E-state index < -0.39 is 6.04 Å². The highest BCUT2D eigenvalue weighted by Gasteiger charge is 2.32. The highest BCUT2D eigenvalue weighted by atomic mass is 16.2. The van der Waals surface area contributed by atoms with E-state index in [4.69, 9.17) is 0 Å². The van der Waals surface area contributed by atoms with E-state index in [2.05, 4.69) is 29.2 Å². The maximum atomic E-state index is 13.3. The van der Waals surface area contributed by atoms with E-state index in [0.717, 1.165) is 64.2 Å². The topological polar surface area (TPSA) is 47.1 Å². The molecule has 0 bridgehead atoms. The lowest BCUT2D eigenvalue weighted by molar-refractivity contribution is -0.139. The van der Waals surface area contributed by atoms with Crippen LogP contribution in [-0.4, -0.2) is 84.3 Å². The summed E-state index contributed by atoms with van der Waals surface area (Å²) in [5.74, 6) is 0.207. The lowest BCUT2D eigenvalue weighted by atomic mass is 10.0. The number of hydrogen-bond acceptors (Lipinski definition) is 4. The van der Waals surface area contributed by atoms with E-state index in [-0.39, 0.29) is 18.4 Å². The van der Waals surface area contributed by atoms with Gasteiger partial charge in [0, 0.05) is 45.8 Å². The second kappa shape index (κ2) is 10.7. The van der Waals surface area contributed by atoms with Gasteiger partial charge in [0.2, 0.25) is 11.8 Å². The number of piperazine rings is 1. The Kier molecular flexibility index (Phi) is 7.55. The Morgan fingerprint density at radius 1 is 0.812 bits per heavy atom. The summed E-state index contributed by atoms with van der Waals surface area (Å²) in [5.41, 5.74) is 2.26. The summed E-state index contributed by atoms with van der Waals surface area (Å²) in [6, 6.07) is 19.9. The van der Waals surface area contributed by atoms with Crippen LogP contribution in [0.15, 0.2) is 60.7 Å². The molecule has 2 amide bonds. The van der Waals surface area contributed by atoms with Gasteiger partial charge < -0.3 is 9.80 Å². The van der Waals surface area contributed by atoms with Crippen LogP contribution in [0.5, 0.6) is 0 Å². The van der Waals surface area contributed by atoms with Crippen LogP contribution in [0.25, 0.3) is 0 Å². The van der Waals surface area contributed by atoms with Crippen molar-refractivity contribution < 1.29 is 9.59 Å². The van der Waals surface area contributed by atoms with Crippen LogP contribution in [0.4, 0.5) is 0 Å². The number of nitrogens with zero attached hydrogens (tertiary/aromatic N) is 4. The summed E-state index contributed by atoms with van der Waals surface area (Å²) in [6.07, 6.45) is 2.12. The van der Waals surface area contributed by atoms with Gasteiger partial charge in [-0.05, 0) is 31.0 Å². The van der Waals surface area contributed by atoms with Crippen LogP contribution in [0, 0.1) is 0 Å². The SMILES string of the molecule is CN(CC(=O)N1CCN(Cc2ccccc2)CC1)[C@H](C(=O)N1CCCC1)c1ccccc1. The number of rotatable bonds is 7. The number of hydrogen-bond donors (Lipinski definition) is 0. The number of carbonyl (C=O) groups excluding carboxylic acids is 2. The smallest absolute Gasteiger partial charge is 0.244 e. The summed E-state index contributed by atoms with van der Waals surface area (Å²) < 4.78 is 0. The molecule has 0 unspecified atom stereocenters. The number of carbonyl (C=O) groups is 2. The fourth-order valence-corrected chi connectivity index (χ4v) is 4.73. The number of likely N-dealkylation sites (N-methyl/N-ethyl adjacent to an activating group) is 1. The third-order valence-corrected chi connectivity index (χ3v) is 6.57. The molecular weight excluding hydrogens is 400 g/mol. The van der Waals surface area contributed by atoms with Crippen molar-refractivity contribution in [2.24, 2.45) is 0 Å². The fourth-order valence-electron chi connectivity index (χ4n) is 4.73. The van der Waals surface area contributed by atoms with Crippen LogP contribution < -0.4 is 0 Å². The van der Waals surface area contributed by atoms with Gasteiger partial charge in [0.15, 0.2) is 0 Å². The van der Waals surface area contributed by atoms with E-state index in [1.807, 2.05) is 58.1 Å². The van der Waals surface area contributed by atoms with E-state index >= 15 is 0 Å². The molecule has 2 heterocycles. The molecule has 0 aliphatic carbocycles. The normalized spacial score (nSPS) is 18.2. The van der Waals surface area contributed by atoms with Gasteiger partial charge in [0.05, 0.1) is 6.54 Å². The highest BCUT2D eigenvalue weighted by molar-refractivity contribution is 5.85. The van der Waals surface area contributed by atoms with Crippen LogP contribution >= 0.6 is 0 Å². The quantitative estimate of drug-likeness (QED) is 0.672. The van der Waals surface area contributed by atoms with Gasteiger partial charge in [-0.1, -0.05) is 60.7 Å². The molecule has 2 aliphatic rings. The zero-order valence-electron chi connectivity index (χ0n) is 19.0. The molecule has 0 radical (unpaired) electrons. The van der Waals surface area contributed by atoms with Crippen molar-refractivity contribution in [1.82, 2.24) is 19.6 Å². The highest BCUT2D eigenvalue weighted by Crippen LogP contribution is 2.24. The van der Waals surface area contributed by atoms with Crippen molar-refractivity contribution in [3.8, 4) is 0 Å². The van der Waals surface area contributed by atoms with Crippen molar-refractivity contribution in [1.29, 1.82) is 0 Å². The molecule has 6 heteroatoms. The van der Waals surface area contributed by atoms with E-state index in [0.29, 0.717) is 0 Å². The molecule has 2 aromatic carbocycles. The zero-order chi connectivity index (χ0) is 22.3. The average Bonchev–Trinajstić information content (AvgIpc) is 3.36. The molecule has 170 valence electrons. The van der Waals surface area contributed by atoms with E-state index in [9.17, 15) is 9.59 Å². The minimum absolute atomic E-state index is 0.0991. The molecule has 32 heavy (non-hydrogen) atoms. The van der Waals surface area contributed by atoms with Gasteiger partial charge in [0.25, 0.3) is 0 Å². The maximum Gasteiger partial charge on any atom is 0.244 e. The van der Waals surface area contributed by atoms with Gasteiger partial charge in [-0.2, -0.15) is 0 Å². The molecule has 0 N–H and O–H groups in total. The van der Waals surface area contributed by atoms with Gasteiger partial charge >= 0.3 is 0 Å². The zero-order valence-corrected chi connectivity index (χ0v) is 19.0. The number of amides is 2. The predicted octanol–water partition coefficient (Wildman–Crippen LogP) is 2.63. The van der Waals surface area contributed by atoms with Gasteiger partial charge in [-0.25, -0.2) is 0 Å². The summed E-state index contributed by atoms with van der Waals surface area (Å²) in [7, 11) is 1.90. The second-order valence-corrected chi connectivity index (χ2v) is 8.90. The van der Waals surface area contributed by atoms with Crippen LogP contribution in [0.1, 0.15) is 30.0 Å². The molecule has 1 atom stereocenters. The lowest BCUT2D eigenvalue weighted by Gasteiger charge is -2.36. The summed E-state index contributed by atoms with van der Waals surface area (Å²) in [6.45, 7) is 6.01. The minimum Gasteiger partial charge on any atom is -0.341 e. The second-order valence-electron chi connectivity index (χ2n) is 8.90. The van der Waals surface area contributed by atoms with Gasteiger partial charge in [-0.15, -0.1) is 0 Å². The Morgan fingerprint density at radius 3 is 2.03 bits per heavy atom. The summed E-state index contributed by atoms with van der Waals surface area (Å²) in [4.78, 5) is 34.6. The Balaban J connectivity index is 1.35. The minimum atomic E-state index is -0.419. The predicted molar refractivity (Wildman–Crippen MR) is 126 cm³/mol. The van der Waals surface area contributed by atoms with Crippen molar-refractivity contribution in [2.75, 3.05) is 52.9 Å². The molecule has 0 saturated carbocycles. The molecule has 4 rings (SSSR count).